The molecule has 1 aliphatic rings. The van der Waals surface area contributed by atoms with Gasteiger partial charge < -0.3 is 5.11 Å². The summed E-state index contributed by atoms with van der Waals surface area (Å²) < 4.78 is 25.6. The Hall–Kier alpha value is -1.36. The lowest BCUT2D eigenvalue weighted by Gasteiger charge is -2.05. The lowest BCUT2D eigenvalue weighted by molar-refractivity contribution is 0.274. The van der Waals surface area contributed by atoms with E-state index in [9.17, 15) is 13.5 Å². The molecule has 3 nitrogen and oxygen atoms in total. The molecule has 1 N–H and O–H groups in total. The Kier molecular flexibility index (Phi) is 4.02. The van der Waals surface area contributed by atoms with Gasteiger partial charge in [-0.1, -0.05) is 41.4 Å². The second-order valence-corrected chi connectivity index (χ2v) is 8.29. The van der Waals surface area contributed by atoms with E-state index in [1.54, 1.807) is 42.5 Å². The molecule has 2 aromatic carbocycles. The van der Waals surface area contributed by atoms with Gasteiger partial charge in [-0.15, -0.1) is 0 Å². The van der Waals surface area contributed by atoms with Crippen molar-refractivity contribution in [2.24, 2.45) is 5.92 Å². The average molecular weight is 337 g/mol. The maximum atomic E-state index is 12.8. The summed E-state index contributed by atoms with van der Waals surface area (Å²) in [6.07, 6.45) is 0. The van der Waals surface area contributed by atoms with Crippen molar-refractivity contribution in [1.29, 1.82) is 0 Å². The molecule has 0 heterocycles. The third-order valence-electron chi connectivity index (χ3n) is 4.25. The van der Waals surface area contributed by atoms with Crippen molar-refractivity contribution < 1.29 is 13.5 Å². The summed E-state index contributed by atoms with van der Waals surface area (Å²) >= 11 is 5.99. The van der Waals surface area contributed by atoms with E-state index >= 15 is 0 Å². The van der Waals surface area contributed by atoms with Gasteiger partial charge in [0.1, 0.15) is 0 Å². The lowest BCUT2D eigenvalue weighted by atomic mass is 10.1. The second-order valence-electron chi connectivity index (χ2n) is 5.75. The Labute approximate surface area is 135 Å². The molecular weight excluding hydrogens is 320 g/mol. The van der Waals surface area contributed by atoms with Crippen LogP contribution in [-0.4, -0.2) is 25.4 Å². The predicted octanol–water partition coefficient (Wildman–Crippen LogP) is 3.20. The van der Waals surface area contributed by atoms with Crippen molar-refractivity contribution in [3.63, 3.8) is 0 Å². The van der Waals surface area contributed by atoms with E-state index < -0.39 is 15.1 Å². The quantitative estimate of drug-likeness (QED) is 0.932. The summed E-state index contributed by atoms with van der Waals surface area (Å²) in [5.41, 5.74) is 1.88. The Balaban J connectivity index is 1.95. The highest BCUT2D eigenvalue weighted by atomic mass is 35.5. The molecule has 22 heavy (non-hydrogen) atoms. The number of hydrogen-bond donors (Lipinski definition) is 1. The molecule has 0 aliphatic heterocycles. The number of benzene rings is 2. The SMILES string of the molecule is Cc1ccc(S(=O)(=O)[C@H]2[C@@H](CO)[C@@H]2c2cccc(Cl)c2)cc1. The molecule has 3 atom stereocenters. The van der Waals surface area contributed by atoms with Crippen LogP contribution >= 0.6 is 11.6 Å². The molecular formula is C17H17ClO3S. The summed E-state index contributed by atoms with van der Waals surface area (Å²) in [6.45, 7) is 1.77. The topological polar surface area (TPSA) is 54.4 Å². The van der Waals surface area contributed by atoms with Crippen LogP contribution in [0, 0.1) is 12.8 Å². The first-order valence-corrected chi connectivity index (χ1v) is 9.04. The molecule has 5 heteroatoms. The third-order valence-corrected chi connectivity index (χ3v) is 6.77. The largest absolute Gasteiger partial charge is 0.396 e. The summed E-state index contributed by atoms with van der Waals surface area (Å²) in [5, 5.41) is 9.53. The fourth-order valence-electron chi connectivity index (χ4n) is 3.02. The number of aliphatic hydroxyl groups is 1. The molecule has 0 radical (unpaired) electrons. The zero-order valence-electron chi connectivity index (χ0n) is 12.1. The predicted molar refractivity (Wildman–Crippen MR) is 86.9 cm³/mol. The summed E-state index contributed by atoms with van der Waals surface area (Å²) in [7, 11) is -3.46. The van der Waals surface area contributed by atoms with Crippen molar-refractivity contribution in [2.45, 2.75) is 23.0 Å². The fourth-order valence-corrected chi connectivity index (χ4v) is 5.42. The van der Waals surface area contributed by atoms with Crippen LogP contribution in [0.1, 0.15) is 17.0 Å². The minimum Gasteiger partial charge on any atom is -0.396 e. The van der Waals surface area contributed by atoms with Crippen LogP contribution in [0.15, 0.2) is 53.4 Å². The summed E-state index contributed by atoms with van der Waals surface area (Å²) in [5.74, 6) is -0.472. The molecule has 116 valence electrons. The monoisotopic (exact) mass is 336 g/mol. The zero-order chi connectivity index (χ0) is 15.9. The van der Waals surface area contributed by atoms with Gasteiger partial charge in [-0.25, -0.2) is 8.42 Å². The molecule has 0 unspecified atom stereocenters. The Morgan fingerprint density at radius 1 is 1.14 bits per heavy atom. The van der Waals surface area contributed by atoms with Gasteiger partial charge >= 0.3 is 0 Å². The van der Waals surface area contributed by atoms with Crippen molar-refractivity contribution in [3.05, 3.63) is 64.7 Å². The summed E-state index contributed by atoms with van der Waals surface area (Å²) in [4.78, 5) is 0.311. The van der Waals surface area contributed by atoms with Gasteiger partial charge in [0.05, 0.1) is 10.1 Å². The molecule has 0 saturated heterocycles. The number of halogens is 1. The van der Waals surface area contributed by atoms with Gasteiger partial charge in [0.15, 0.2) is 9.84 Å². The van der Waals surface area contributed by atoms with Crippen LogP contribution in [0.3, 0.4) is 0 Å². The third kappa shape index (κ3) is 2.67. The number of hydrogen-bond acceptors (Lipinski definition) is 3. The van der Waals surface area contributed by atoms with E-state index in [4.69, 9.17) is 11.6 Å². The number of sulfone groups is 1. The van der Waals surface area contributed by atoms with E-state index in [2.05, 4.69) is 0 Å². The molecule has 1 saturated carbocycles. The van der Waals surface area contributed by atoms with Crippen molar-refractivity contribution in [2.75, 3.05) is 6.61 Å². The highest BCUT2D eigenvalue weighted by Gasteiger charge is 2.58. The van der Waals surface area contributed by atoms with Gasteiger partial charge in [-0.05, 0) is 36.8 Å². The van der Waals surface area contributed by atoms with Gasteiger partial charge in [-0.3, -0.25) is 0 Å². The minimum absolute atomic E-state index is 0.146. The Bertz CT molecular complexity index is 784. The van der Waals surface area contributed by atoms with E-state index in [0.29, 0.717) is 9.92 Å². The van der Waals surface area contributed by atoms with Crippen LogP contribution in [0.25, 0.3) is 0 Å². The number of rotatable bonds is 4. The van der Waals surface area contributed by atoms with Crippen molar-refractivity contribution >= 4 is 21.4 Å². The highest BCUT2D eigenvalue weighted by molar-refractivity contribution is 7.92. The Morgan fingerprint density at radius 3 is 2.41 bits per heavy atom. The molecule has 0 bridgehead atoms. The zero-order valence-corrected chi connectivity index (χ0v) is 13.7. The first-order chi connectivity index (χ1) is 10.4. The van der Waals surface area contributed by atoms with Gasteiger partial charge in [0.25, 0.3) is 0 Å². The normalized spacial score (nSPS) is 24.2. The fraction of sp³-hybridized carbons (Fsp3) is 0.294. The highest BCUT2D eigenvalue weighted by Crippen LogP contribution is 2.53. The van der Waals surface area contributed by atoms with Gasteiger partial charge in [0.2, 0.25) is 0 Å². The Morgan fingerprint density at radius 2 is 1.82 bits per heavy atom. The molecule has 0 spiro atoms. The lowest BCUT2D eigenvalue weighted by Crippen LogP contribution is -2.11. The van der Waals surface area contributed by atoms with E-state index in [1.165, 1.54) is 0 Å². The van der Waals surface area contributed by atoms with Crippen molar-refractivity contribution in [1.82, 2.24) is 0 Å². The smallest absolute Gasteiger partial charge is 0.182 e. The first kappa shape index (κ1) is 15.5. The van der Waals surface area contributed by atoms with Crippen LogP contribution < -0.4 is 0 Å². The van der Waals surface area contributed by atoms with E-state index in [-0.39, 0.29) is 18.4 Å². The molecule has 3 rings (SSSR count). The number of aryl methyl sites for hydroxylation is 1. The second kappa shape index (κ2) is 5.69. The maximum absolute atomic E-state index is 12.8. The minimum atomic E-state index is -3.46. The first-order valence-electron chi connectivity index (χ1n) is 7.12. The molecule has 0 aromatic heterocycles. The molecule has 2 aromatic rings. The number of aliphatic hydroxyl groups excluding tert-OH is 1. The van der Waals surface area contributed by atoms with E-state index in [0.717, 1.165) is 11.1 Å². The molecule has 0 amide bonds. The van der Waals surface area contributed by atoms with Gasteiger partial charge in [-0.2, -0.15) is 0 Å². The molecule has 1 fully saturated rings. The van der Waals surface area contributed by atoms with Crippen LogP contribution in [0.5, 0.6) is 0 Å². The van der Waals surface area contributed by atoms with E-state index in [1.807, 2.05) is 13.0 Å². The molecule has 1 aliphatic carbocycles. The standard InChI is InChI=1S/C17H17ClO3S/c1-11-5-7-14(8-6-11)22(20,21)17-15(10-19)16(17)12-3-2-4-13(18)9-12/h2-9,15-17,19H,10H2,1H3/t15-,16-,17-/m0/s1. The van der Waals surface area contributed by atoms with Crippen LogP contribution in [-0.2, 0) is 9.84 Å². The van der Waals surface area contributed by atoms with Crippen LogP contribution in [0.2, 0.25) is 5.02 Å². The maximum Gasteiger partial charge on any atom is 0.182 e. The van der Waals surface area contributed by atoms with Crippen molar-refractivity contribution in [3.8, 4) is 0 Å². The average Bonchev–Trinajstić information content (AvgIpc) is 3.23. The van der Waals surface area contributed by atoms with Gasteiger partial charge in [0, 0.05) is 23.5 Å². The van der Waals surface area contributed by atoms with Crippen LogP contribution in [0.4, 0.5) is 0 Å². The summed E-state index contributed by atoms with van der Waals surface area (Å²) in [6, 6.07) is 14.0.